The molecule has 1 aliphatic heterocycles. The van der Waals surface area contributed by atoms with Gasteiger partial charge in [0.05, 0.1) is 5.69 Å². The molecule has 0 aliphatic carbocycles. The normalized spacial score (nSPS) is 15.7. The molecule has 1 fully saturated rings. The topological polar surface area (TPSA) is 75.4 Å². The van der Waals surface area contributed by atoms with Crippen molar-refractivity contribution in [2.45, 2.75) is 20.3 Å². The van der Waals surface area contributed by atoms with Crippen LogP contribution in [-0.2, 0) is 0 Å². The Morgan fingerprint density at radius 1 is 1.14 bits per heavy atom. The molecule has 0 bridgehead atoms. The van der Waals surface area contributed by atoms with Gasteiger partial charge >= 0.3 is 0 Å². The first kappa shape index (κ1) is 14.5. The second-order valence-electron chi connectivity index (χ2n) is 5.38. The zero-order valence-electron chi connectivity index (χ0n) is 12.8. The minimum absolute atomic E-state index is 0.00733. The number of carbonyl (C=O) groups is 1. The lowest BCUT2D eigenvalue weighted by molar-refractivity contribution is 0.0764. The summed E-state index contributed by atoms with van der Waals surface area (Å²) in [6, 6.07) is 1.80. The van der Waals surface area contributed by atoms with Crippen molar-refractivity contribution in [2.24, 2.45) is 0 Å². The second-order valence-corrected chi connectivity index (χ2v) is 5.38. The second kappa shape index (κ2) is 6.13. The standard InChI is InChI=1S/C15H19N5O2/c1-11-13(12(2)22-18-11)14(21)19-7-4-8-20(10-9-19)15-16-5-3-6-17-15/h3,5-6H,4,7-10H2,1-2H3. The van der Waals surface area contributed by atoms with Crippen LogP contribution in [0.2, 0.25) is 0 Å². The van der Waals surface area contributed by atoms with E-state index in [4.69, 9.17) is 4.52 Å². The molecule has 1 amide bonds. The first-order chi connectivity index (χ1) is 10.7. The van der Waals surface area contributed by atoms with Gasteiger partial charge in [-0.1, -0.05) is 5.16 Å². The molecule has 7 nitrogen and oxygen atoms in total. The molecule has 7 heteroatoms. The Morgan fingerprint density at radius 2 is 1.91 bits per heavy atom. The van der Waals surface area contributed by atoms with Crippen LogP contribution >= 0.6 is 0 Å². The van der Waals surface area contributed by atoms with Crippen LogP contribution in [0.4, 0.5) is 5.95 Å². The summed E-state index contributed by atoms with van der Waals surface area (Å²) in [4.78, 5) is 25.2. The molecule has 2 aromatic heterocycles. The van der Waals surface area contributed by atoms with E-state index in [2.05, 4.69) is 20.0 Å². The third-order valence-electron chi connectivity index (χ3n) is 3.87. The van der Waals surface area contributed by atoms with E-state index >= 15 is 0 Å². The van der Waals surface area contributed by atoms with Crippen molar-refractivity contribution in [3.05, 3.63) is 35.5 Å². The van der Waals surface area contributed by atoms with Crippen LogP contribution in [-0.4, -0.2) is 52.1 Å². The maximum Gasteiger partial charge on any atom is 0.259 e. The highest BCUT2D eigenvalue weighted by molar-refractivity contribution is 5.96. The number of rotatable bonds is 2. The van der Waals surface area contributed by atoms with Crippen LogP contribution in [0, 0.1) is 13.8 Å². The third-order valence-corrected chi connectivity index (χ3v) is 3.87. The number of aromatic nitrogens is 3. The fourth-order valence-corrected chi connectivity index (χ4v) is 2.72. The molecule has 0 saturated carbocycles. The Kier molecular flexibility index (Phi) is 4.04. The van der Waals surface area contributed by atoms with Gasteiger partial charge in [0.25, 0.3) is 5.91 Å². The molecule has 0 atom stereocenters. The zero-order chi connectivity index (χ0) is 15.5. The maximum absolute atomic E-state index is 12.7. The predicted octanol–water partition coefficient (Wildman–Crippen LogP) is 1.43. The lowest BCUT2D eigenvalue weighted by Gasteiger charge is -2.21. The van der Waals surface area contributed by atoms with Gasteiger partial charge in [0.1, 0.15) is 11.3 Å². The van der Waals surface area contributed by atoms with E-state index in [1.807, 2.05) is 4.90 Å². The summed E-state index contributed by atoms with van der Waals surface area (Å²) >= 11 is 0. The lowest BCUT2D eigenvalue weighted by atomic mass is 10.1. The fourth-order valence-electron chi connectivity index (χ4n) is 2.72. The van der Waals surface area contributed by atoms with Gasteiger partial charge in [-0.05, 0) is 26.3 Å². The Balaban J connectivity index is 1.72. The summed E-state index contributed by atoms with van der Waals surface area (Å²) in [5.41, 5.74) is 1.24. The van der Waals surface area contributed by atoms with Crippen molar-refractivity contribution >= 4 is 11.9 Å². The van der Waals surface area contributed by atoms with Crippen LogP contribution in [0.25, 0.3) is 0 Å². The van der Waals surface area contributed by atoms with Crippen molar-refractivity contribution in [2.75, 3.05) is 31.1 Å². The highest BCUT2D eigenvalue weighted by Crippen LogP contribution is 2.17. The number of aryl methyl sites for hydroxylation is 2. The van der Waals surface area contributed by atoms with Crippen molar-refractivity contribution in [1.29, 1.82) is 0 Å². The molecule has 0 radical (unpaired) electrons. The van der Waals surface area contributed by atoms with Gasteiger partial charge in [-0.25, -0.2) is 9.97 Å². The number of nitrogens with zero attached hydrogens (tertiary/aromatic N) is 5. The molecule has 3 heterocycles. The summed E-state index contributed by atoms with van der Waals surface area (Å²) in [5.74, 6) is 1.29. The third kappa shape index (κ3) is 2.79. The van der Waals surface area contributed by atoms with Gasteiger partial charge in [-0.2, -0.15) is 0 Å². The monoisotopic (exact) mass is 301 g/mol. The highest BCUT2D eigenvalue weighted by atomic mass is 16.5. The Hall–Kier alpha value is -2.44. The van der Waals surface area contributed by atoms with Crippen molar-refractivity contribution in [3.63, 3.8) is 0 Å². The molecule has 0 spiro atoms. The van der Waals surface area contributed by atoms with Crippen molar-refractivity contribution < 1.29 is 9.32 Å². The van der Waals surface area contributed by atoms with E-state index in [-0.39, 0.29) is 5.91 Å². The number of amides is 1. The van der Waals surface area contributed by atoms with E-state index < -0.39 is 0 Å². The van der Waals surface area contributed by atoms with Crippen LogP contribution in [0.3, 0.4) is 0 Å². The van der Waals surface area contributed by atoms with E-state index in [1.165, 1.54) is 0 Å². The summed E-state index contributed by atoms with van der Waals surface area (Å²) in [5, 5.41) is 3.87. The van der Waals surface area contributed by atoms with Gasteiger partial charge in [-0.15, -0.1) is 0 Å². The Bertz CT molecular complexity index is 636. The summed E-state index contributed by atoms with van der Waals surface area (Å²) in [6.45, 7) is 6.49. The molecule has 0 aromatic carbocycles. The van der Waals surface area contributed by atoms with Crippen molar-refractivity contribution in [3.8, 4) is 0 Å². The SMILES string of the molecule is Cc1noc(C)c1C(=O)N1CCCN(c2ncccn2)CC1. The molecule has 1 aliphatic rings. The molecule has 1 saturated heterocycles. The Morgan fingerprint density at radius 3 is 2.59 bits per heavy atom. The summed E-state index contributed by atoms with van der Waals surface area (Å²) < 4.78 is 5.10. The summed E-state index contributed by atoms with van der Waals surface area (Å²) in [6.07, 6.45) is 4.35. The fraction of sp³-hybridized carbons (Fsp3) is 0.467. The highest BCUT2D eigenvalue weighted by Gasteiger charge is 2.25. The number of hydrogen-bond donors (Lipinski definition) is 0. The van der Waals surface area contributed by atoms with Crippen LogP contribution in [0.1, 0.15) is 28.2 Å². The minimum atomic E-state index is -0.00733. The number of carbonyl (C=O) groups excluding carboxylic acids is 1. The largest absolute Gasteiger partial charge is 0.361 e. The molecule has 0 N–H and O–H groups in total. The molecule has 2 aromatic rings. The average molecular weight is 301 g/mol. The van der Waals surface area contributed by atoms with Gasteiger partial charge in [0.15, 0.2) is 0 Å². The van der Waals surface area contributed by atoms with E-state index in [0.29, 0.717) is 36.1 Å². The van der Waals surface area contributed by atoms with Crippen LogP contribution in [0.15, 0.2) is 23.0 Å². The van der Waals surface area contributed by atoms with Gasteiger partial charge in [0, 0.05) is 38.6 Å². The molecular formula is C15H19N5O2. The van der Waals surface area contributed by atoms with Crippen LogP contribution < -0.4 is 4.90 Å². The van der Waals surface area contributed by atoms with Crippen molar-refractivity contribution in [1.82, 2.24) is 20.0 Å². The van der Waals surface area contributed by atoms with Gasteiger partial charge in [-0.3, -0.25) is 4.79 Å². The number of anilines is 1. The molecular weight excluding hydrogens is 282 g/mol. The van der Waals surface area contributed by atoms with Crippen LogP contribution in [0.5, 0.6) is 0 Å². The molecule has 22 heavy (non-hydrogen) atoms. The summed E-state index contributed by atoms with van der Waals surface area (Å²) in [7, 11) is 0. The van der Waals surface area contributed by atoms with E-state index in [1.54, 1.807) is 32.3 Å². The molecule has 116 valence electrons. The van der Waals surface area contributed by atoms with E-state index in [9.17, 15) is 4.79 Å². The van der Waals surface area contributed by atoms with Gasteiger partial charge in [0.2, 0.25) is 5.95 Å². The van der Waals surface area contributed by atoms with Gasteiger partial charge < -0.3 is 14.3 Å². The average Bonchev–Trinajstić information content (AvgIpc) is 2.76. The lowest BCUT2D eigenvalue weighted by Crippen LogP contribution is -2.36. The zero-order valence-corrected chi connectivity index (χ0v) is 12.8. The number of hydrogen-bond acceptors (Lipinski definition) is 6. The Labute approximate surface area is 128 Å². The maximum atomic E-state index is 12.7. The smallest absolute Gasteiger partial charge is 0.259 e. The predicted molar refractivity (Wildman–Crippen MR) is 80.7 cm³/mol. The molecule has 3 rings (SSSR count). The first-order valence-electron chi connectivity index (χ1n) is 7.41. The quantitative estimate of drug-likeness (QED) is 0.835. The first-order valence-corrected chi connectivity index (χ1v) is 7.41. The van der Waals surface area contributed by atoms with E-state index in [0.717, 1.165) is 19.5 Å². The minimum Gasteiger partial charge on any atom is -0.361 e. The molecule has 0 unspecified atom stereocenters.